The molecule has 1 saturated heterocycles. The van der Waals surface area contributed by atoms with Crippen LogP contribution in [0.15, 0.2) is 84.4 Å². The third-order valence-electron chi connectivity index (χ3n) is 4.62. The number of esters is 1. The SMILES string of the molecule is O=C1NC(=O)N(c2ccc(Cl)cc2)C(=O)C1=Cc1ccccc1OC(=O)c1ccccc1. The fraction of sp³-hybridized carbons (Fsp3) is 0. The first-order chi connectivity index (χ1) is 15.4. The van der Waals surface area contributed by atoms with E-state index in [-0.39, 0.29) is 17.0 Å². The molecule has 1 heterocycles. The van der Waals surface area contributed by atoms with Crippen molar-refractivity contribution in [1.82, 2.24) is 5.32 Å². The predicted octanol–water partition coefficient (Wildman–Crippen LogP) is 4.23. The molecule has 4 amide bonds. The van der Waals surface area contributed by atoms with Gasteiger partial charge in [0, 0.05) is 10.6 Å². The van der Waals surface area contributed by atoms with Crippen molar-refractivity contribution in [3.8, 4) is 5.75 Å². The zero-order chi connectivity index (χ0) is 22.7. The summed E-state index contributed by atoms with van der Waals surface area (Å²) in [5.74, 6) is -2.10. The summed E-state index contributed by atoms with van der Waals surface area (Å²) in [4.78, 5) is 51.0. The maximum atomic E-state index is 13.0. The number of rotatable bonds is 4. The number of imide groups is 2. The van der Waals surface area contributed by atoms with Crippen molar-refractivity contribution in [3.63, 3.8) is 0 Å². The molecule has 1 aliphatic rings. The quantitative estimate of drug-likeness (QED) is 0.280. The number of carbonyl (C=O) groups is 4. The summed E-state index contributed by atoms with van der Waals surface area (Å²) in [5.41, 5.74) is 0.628. The second-order valence-corrected chi connectivity index (χ2v) is 7.16. The summed E-state index contributed by atoms with van der Waals surface area (Å²) in [6.45, 7) is 0. The van der Waals surface area contributed by atoms with Gasteiger partial charge >= 0.3 is 12.0 Å². The number of benzene rings is 3. The van der Waals surface area contributed by atoms with E-state index in [1.165, 1.54) is 30.3 Å². The molecular weight excluding hydrogens is 432 g/mol. The maximum absolute atomic E-state index is 13.0. The molecule has 7 nitrogen and oxygen atoms in total. The van der Waals surface area contributed by atoms with E-state index in [2.05, 4.69) is 5.32 Å². The molecule has 32 heavy (non-hydrogen) atoms. The van der Waals surface area contributed by atoms with Crippen LogP contribution in [0.3, 0.4) is 0 Å². The van der Waals surface area contributed by atoms with Crippen LogP contribution in [0, 0.1) is 0 Å². The third-order valence-corrected chi connectivity index (χ3v) is 4.87. The molecule has 3 aromatic carbocycles. The molecule has 0 spiro atoms. The number of hydrogen-bond donors (Lipinski definition) is 1. The van der Waals surface area contributed by atoms with Gasteiger partial charge in [-0.3, -0.25) is 14.9 Å². The number of nitrogens with zero attached hydrogens (tertiary/aromatic N) is 1. The number of ether oxygens (including phenoxy) is 1. The highest BCUT2D eigenvalue weighted by Crippen LogP contribution is 2.26. The second-order valence-electron chi connectivity index (χ2n) is 6.73. The molecule has 0 radical (unpaired) electrons. The highest BCUT2D eigenvalue weighted by molar-refractivity contribution is 6.39. The number of carbonyl (C=O) groups excluding carboxylic acids is 4. The lowest BCUT2D eigenvalue weighted by molar-refractivity contribution is -0.122. The van der Waals surface area contributed by atoms with Crippen LogP contribution in [0.25, 0.3) is 6.08 Å². The number of halogens is 1. The fourth-order valence-electron chi connectivity index (χ4n) is 3.06. The Morgan fingerprint density at radius 2 is 1.53 bits per heavy atom. The molecule has 0 unspecified atom stereocenters. The summed E-state index contributed by atoms with van der Waals surface area (Å²) in [5, 5.41) is 2.58. The highest BCUT2D eigenvalue weighted by atomic mass is 35.5. The van der Waals surface area contributed by atoms with Crippen LogP contribution >= 0.6 is 11.6 Å². The van der Waals surface area contributed by atoms with Crippen LogP contribution in [0.4, 0.5) is 10.5 Å². The first-order valence-electron chi connectivity index (χ1n) is 9.47. The highest BCUT2D eigenvalue weighted by Gasteiger charge is 2.37. The Kier molecular flexibility index (Phi) is 5.83. The summed E-state index contributed by atoms with van der Waals surface area (Å²) >= 11 is 5.87. The molecule has 0 bridgehead atoms. The minimum Gasteiger partial charge on any atom is -0.422 e. The number of nitrogens with one attached hydrogen (secondary N) is 1. The zero-order valence-corrected chi connectivity index (χ0v) is 17.2. The van der Waals surface area contributed by atoms with E-state index in [9.17, 15) is 19.2 Å². The Morgan fingerprint density at radius 3 is 2.25 bits per heavy atom. The Balaban J connectivity index is 1.67. The van der Waals surface area contributed by atoms with Crippen LogP contribution < -0.4 is 15.0 Å². The van der Waals surface area contributed by atoms with Crippen molar-refractivity contribution in [3.05, 3.63) is 101 Å². The molecule has 1 aliphatic heterocycles. The zero-order valence-electron chi connectivity index (χ0n) is 16.4. The first-order valence-corrected chi connectivity index (χ1v) is 9.85. The van der Waals surface area contributed by atoms with E-state index in [0.29, 0.717) is 16.1 Å². The fourth-order valence-corrected chi connectivity index (χ4v) is 3.19. The number of urea groups is 1. The van der Waals surface area contributed by atoms with Gasteiger partial charge in [0.05, 0.1) is 11.3 Å². The smallest absolute Gasteiger partial charge is 0.343 e. The number of hydrogen-bond acceptors (Lipinski definition) is 5. The standard InChI is InChI=1S/C24H15ClN2O5/c25-17-10-12-18(13-11-17)27-22(29)19(21(28)26-24(27)31)14-16-8-4-5-9-20(16)32-23(30)15-6-2-1-3-7-15/h1-14H,(H,26,28,31). The van der Waals surface area contributed by atoms with Gasteiger partial charge in [-0.1, -0.05) is 48.0 Å². The van der Waals surface area contributed by atoms with E-state index >= 15 is 0 Å². The molecule has 1 N–H and O–H groups in total. The predicted molar refractivity (Wildman–Crippen MR) is 118 cm³/mol. The number of anilines is 1. The van der Waals surface area contributed by atoms with Gasteiger partial charge in [-0.25, -0.2) is 14.5 Å². The van der Waals surface area contributed by atoms with Crippen molar-refractivity contribution in [2.24, 2.45) is 0 Å². The maximum Gasteiger partial charge on any atom is 0.343 e. The van der Waals surface area contributed by atoms with Crippen LogP contribution in [-0.4, -0.2) is 23.8 Å². The van der Waals surface area contributed by atoms with Crippen LogP contribution in [0.2, 0.25) is 5.02 Å². The summed E-state index contributed by atoms with van der Waals surface area (Å²) < 4.78 is 5.47. The molecule has 0 atom stereocenters. The summed E-state index contributed by atoms with van der Waals surface area (Å²) in [6.07, 6.45) is 1.28. The van der Waals surface area contributed by atoms with Gasteiger partial charge < -0.3 is 4.74 Å². The Hall–Kier alpha value is -4.23. The van der Waals surface area contributed by atoms with Crippen LogP contribution in [-0.2, 0) is 9.59 Å². The second kappa shape index (κ2) is 8.87. The van der Waals surface area contributed by atoms with E-state index < -0.39 is 23.8 Å². The molecule has 0 saturated carbocycles. The Bertz CT molecular complexity index is 1250. The number of amides is 4. The number of barbiturate groups is 1. The molecule has 0 aromatic heterocycles. The van der Waals surface area contributed by atoms with Gasteiger partial charge in [-0.2, -0.15) is 0 Å². The average Bonchev–Trinajstić information content (AvgIpc) is 2.79. The normalized spacial score (nSPS) is 15.0. The Labute approximate surface area is 187 Å². The van der Waals surface area contributed by atoms with Crippen molar-refractivity contribution in [2.75, 3.05) is 4.90 Å². The Morgan fingerprint density at radius 1 is 0.875 bits per heavy atom. The summed E-state index contributed by atoms with van der Waals surface area (Å²) in [7, 11) is 0. The lowest BCUT2D eigenvalue weighted by Crippen LogP contribution is -2.54. The molecule has 1 fully saturated rings. The monoisotopic (exact) mass is 446 g/mol. The van der Waals surface area contributed by atoms with Crippen molar-refractivity contribution in [2.45, 2.75) is 0 Å². The van der Waals surface area contributed by atoms with Gasteiger partial charge in [0.15, 0.2) is 0 Å². The molecule has 3 aromatic rings. The minimum absolute atomic E-state index is 0.157. The lowest BCUT2D eigenvalue weighted by atomic mass is 10.1. The van der Waals surface area contributed by atoms with Gasteiger partial charge in [-0.05, 0) is 48.5 Å². The van der Waals surface area contributed by atoms with Crippen molar-refractivity contribution >= 4 is 47.2 Å². The summed E-state index contributed by atoms with van der Waals surface area (Å²) in [6, 6.07) is 20.0. The largest absolute Gasteiger partial charge is 0.422 e. The van der Waals surface area contributed by atoms with Crippen molar-refractivity contribution in [1.29, 1.82) is 0 Å². The van der Waals surface area contributed by atoms with Crippen LogP contribution in [0.1, 0.15) is 15.9 Å². The molecule has 158 valence electrons. The van der Waals surface area contributed by atoms with E-state index in [1.807, 2.05) is 0 Å². The van der Waals surface area contributed by atoms with Gasteiger partial charge in [0.2, 0.25) is 0 Å². The van der Waals surface area contributed by atoms with E-state index in [1.54, 1.807) is 54.6 Å². The van der Waals surface area contributed by atoms with Crippen LogP contribution in [0.5, 0.6) is 5.75 Å². The molecule has 8 heteroatoms. The topological polar surface area (TPSA) is 92.8 Å². The molecular formula is C24H15ClN2O5. The first kappa shape index (κ1) is 21.0. The van der Waals surface area contributed by atoms with Gasteiger partial charge in [0.1, 0.15) is 11.3 Å². The van der Waals surface area contributed by atoms with Gasteiger partial charge in [0.25, 0.3) is 11.8 Å². The van der Waals surface area contributed by atoms with Crippen molar-refractivity contribution < 1.29 is 23.9 Å². The molecule has 0 aliphatic carbocycles. The average molecular weight is 447 g/mol. The van der Waals surface area contributed by atoms with Gasteiger partial charge in [-0.15, -0.1) is 0 Å². The third kappa shape index (κ3) is 4.28. The van der Waals surface area contributed by atoms with E-state index in [4.69, 9.17) is 16.3 Å². The van der Waals surface area contributed by atoms with E-state index in [0.717, 1.165) is 4.90 Å². The lowest BCUT2D eigenvalue weighted by Gasteiger charge is -2.26. The minimum atomic E-state index is -0.872. The molecule has 4 rings (SSSR count). The number of para-hydroxylation sites is 1.